The van der Waals surface area contributed by atoms with Crippen molar-refractivity contribution in [2.45, 2.75) is 0 Å². The summed E-state index contributed by atoms with van der Waals surface area (Å²) in [4.78, 5) is 0.932. The number of hydrogen-bond donors (Lipinski definition) is 0. The molecule has 0 aliphatic carbocycles. The second-order valence-electron chi connectivity index (χ2n) is 2.67. The van der Waals surface area contributed by atoms with Crippen molar-refractivity contribution < 1.29 is 0 Å². The van der Waals surface area contributed by atoms with Crippen molar-refractivity contribution in [2.24, 2.45) is 0 Å². The molecule has 0 saturated heterocycles. The first-order chi connectivity index (χ1) is 6.36. The van der Waals surface area contributed by atoms with Gasteiger partial charge in [-0.3, -0.25) is 4.40 Å². The highest BCUT2D eigenvalue weighted by Gasteiger charge is 2.07. The number of benzene rings is 1. The van der Waals surface area contributed by atoms with Crippen LogP contribution in [0.2, 0.25) is 0 Å². The van der Waals surface area contributed by atoms with Gasteiger partial charge >= 0.3 is 0 Å². The molecule has 0 bridgehead atoms. The average Bonchev–Trinajstić information content (AvgIpc) is 2.62. The van der Waals surface area contributed by atoms with Gasteiger partial charge in [0, 0.05) is 4.47 Å². The SMILES string of the molecule is Brc1cccc2sc3nncn3c12. The third kappa shape index (κ3) is 0.941. The Morgan fingerprint density at radius 3 is 3.23 bits per heavy atom. The van der Waals surface area contributed by atoms with Gasteiger partial charge in [-0.25, -0.2) is 0 Å². The molecule has 0 atom stereocenters. The molecule has 2 heterocycles. The molecule has 0 aliphatic rings. The molecule has 0 amide bonds. The summed E-state index contributed by atoms with van der Waals surface area (Å²) in [6, 6.07) is 6.13. The predicted molar refractivity (Wildman–Crippen MR) is 56.1 cm³/mol. The van der Waals surface area contributed by atoms with Crippen LogP contribution in [0.4, 0.5) is 0 Å². The number of thiazole rings is 1. The minimum absolute atomic E-state index is 0.932. The molecule has 5 heteroatoms. The molecular formula is C8H4BrN3S. The minimum Gasteiger partial charge on any atom is -0.271 e. The number of nitrogens with zero attached hydrogens (tertiary/aromatic N) is 3. The molecule has 3 nitrogen and oxygen atoms in total. The van der Waals surface area contributed by atoms with E-state index >= 15 is 0 Å². The van der Waals surface area contributed by atoms with Crippen LogP contribution >= 0.6 is 27.3 Å². The Balaban J connectivity index is 2.68. The summed E-state index contributed by atoms with van der Waals surface area (Å²) in [5.74, 6) is 0. The van der Waals surface area contributed by atoms with E-state index < -0.39 is 0 Å². The maximum atomic E-state index is 4.01. The lowest BCUT2D eigenvalue weighted by Gasteiger charge is -1.92. The highest BCUT2D eigenvalue weighted by Crippen LogP contribution is 2.30. The van der Waals surface area contributed by atoms with Crippen molar-refractivity contribution in [3.63, 3.8) is 0 Å². The highest BCUT2D eigenvalue weighted by molar-refractivity contribution is 9.10. The molecule has 0 aliphatic heterocycles. The lowest BCUT2D eigenvalue weighted by Crippen LogP contribution is -1.77. The summed E-state index contributed by atoms with van der Waals surface area (Å²) >= 11 is 5.15. The molecule has 64 valence electrons. The molecule has 3 aromatic rings. The third-order valence-electron chi connectivity index (χ3n) is 1.91. The van der Waals surface area contributed by atoms with Crippen LogP contribution in [0.5, 0.6) is 0 Å². The standard InChI is InChI=1S/C8H4BrN3S/c9-5-2-1-3-6-7(5)12-4-10-11-8(12)13-6/h1-4H. The van der Waals surface area contributed by atoms with Gasteiger partial charge in [-0.2, -0.15) is 0 Å². The van der Waals surface area contributed by atoms with Gasteiger partial charge in [0.25, 0.3) is 0 Å². The molecule has 0 radical (unpaired) electrons. The van der Waals surface area contributed by atoms with E-state index in [0.29, 0.717) is 0 Å². The number of para-hydroxylation sites is 1. The number of rotatable bonds is 0. The molecule has 0 N–H and O–H groups in total. The Kier molecular flexibility index (Phi) is 1.45. The fourth-order valence-corrected chi connectivity index (χ4v) is 3.02. The Morgan fingerprint density at radius 2 is 2.31 bits per heavy atom. The van der Waals surface area contributed by atoms with E-state index in [0.717, 1.165) is 15.0 Å². The zero-order chi connectivity index (χ0) is 8.84. The summed E-state index contributed by atoms with van der Waals surface area (Å²) in [6.45, 7) is 0. The van der Waals surface area contributed by atoms with Gasteiger partial charge in [-0.05, 0) is 28.1 Å². The van der Waals surface area contributed by atoms with Gasteiger partial charge in [0.05, 0.1) is 10.2 Å². The van der Waals surface area contributed by atoms with Gasteiger partial charge in [0.2, 0.25) is 4.96 Å². The second kappa shape index (κ2) is 2.52. The number of aromatic nitrogens is 3. The monoisotopic (exact) mass is 253 g/mol. The van der Waals surface area contributed by atoms with E-state index in [9.17, 15) is 0 Å². The summed E-state index contributed by atoms with van der Waals surface area (Å²) in [5.41, 5.74) is 1.15. The van der Waals surface area contributed by atoms with E-state index in [1.54, 1.807) is 17.7 Å². The van der Waals surface area contributed by atoms with Crippen LogP contribution in [0.25, 0.3) is 15.2 Å². The van der Waals surface area contributed by atoms with Crippen LogP contribution in [-0.4, -0.2) is 14.6 Å². The van der Waals surface area contributed by atoms with E-state index in [1.807, 2.05) is 16.5 Å². The number of fused-ring (bicyclic) bond motifs is 3. The Bertz CT molecular complexity index is 583. The zero-order valence-corrected chi connectivity index (χ0v) is 8.84. The summed E-state index contributed by atoms with van der Waals surface area (Å²) in [7, 11) is 0. The molecule has 0 unspecified atom stereocenters. The Hall–Kier alpha value is -0.940. The van der Waals surface area contributed by atoms with E-state index in [1.165, 1.54) is 4.70 Å². The fraction of sp³-hybridized carbons (Fsp3) is 0. The third-order valence-corrected chi connectivity index (χ3v) is 3.56. The maximum absolute atomic E-state index is 4.01. The Morgan fingerprint density at radius 1 is 1.38 bits per heavy atom. The lowest BCUT2D eigenvalue weighted by atomic mass is 10.3. The first-order valence-electron chi connectivity index (χ1n) is 3.73. The predicted octanol–water partition coefficient (Wildman–Crippen LogP) is 2.71. The molecule has 13 heavy (non-hydrogen) atoms. The van der Waals surface area contributed by atoms with Crippen LogP contribution < -0.4 is 0 Å². The van der Waals surface area contributed by atoms with Gasteiger partial charge in [-0.1, -0.05) is 17.4 Å². The number of hydrogen-bond acceptors (Lipinski definition) is 3. The molecule has 2 aromatic heterocycles. The highest BCUT2D eigenvalue weighted by atomic mass is 79.9. The minimum atomic E-state index is 0.932. The lowest BCUT2D eigenvalue weighted by molar-refractivity contribution is 1.11. The van der Waals surface area contributed by atoms with Gasteiger partial charge in [0.15, 0.2) is 0 Å². The van der Waals surface area contributed by atoms with E-state index in [-0.39, 0.29) is 0 Å². The van der Waals surface area contributed by atoms with E-state index in [4.69, 9.17) is 0 Å². The fourth-order valence-electron chi connectivity index (χ4n) is 1.36. The van der Waals surface area contributed by atoms with Crippen molar-refractivity contribution in [2.75, 3.05) is 0 Å². The summed E-state index contributed by atoms with van der Waals surface area (Å²) in [6.07, 6.45) is 1.74. The molecule has 3 rings (SSSR count). The molecule has 0 spiro atoms. The van der Waals surface area contributed by atoms with Crippen LogP contribution in [-0.2, 0) is 0 Å². The van der Waals surface area contributed by atoms with Crippen LogP contribution in [0.15, 0.2) is 29.0 Å². The molecule has 0 fully saturated rings. The quantitative estimate of drug-likeness (QED) is 0.617. The first-order valence-corrected chi connectivity index (χ1v) is 5.34. The van der Waals surface area contributed by atoms with Gasteiger partial charge in [0.1, 0.15) is 6.33 Å². The van der Waals surface area contributed by atoms with Gasteiger partial charge in [-0.15, -0.1) is 10.2 Å². The summed E-state index contributed by atoms with van der Waals surface area (Å²) in [5, 5.41) is 7.86. The van der Waals surface area contributed by atoms with Crippen LogP contribution in [0.3, 0.4) is 0 Å². The topological polar surface area (TPSA) is 30.2 Å². The Labute approximate surface area is 86.1 Å². The molecule has 0 saturated carbocycles. The van der Waals surface area contributed by atoms with Crippen molar-refractivity contribution in [3.05, 3.63) is 29.0 Å². The smallest absolute Gasteiger partial charge is 0.217 e. The zero-order valence-electron chi connectivity index (χ0n) is 6.44. The number of halogens is 1. The first kappa shape index (κ1) is 7.46. The molecular weight excluding hydrogens is 250 g/mol. The largest absolute Gasteiger partial charge is 0.271 e. The second-order valence-corrected chi connectivity index (χ2v) is 4.54. The van der Waals surface area contributed by atoms with Crippen LogP contribution in [0.1, 0.15) is 0 Å². The molecule has 1 aromatic carbocycles. The van der Waals surface area contributed by atoms with Crippen molar-refractivity contribution in [3.8, 4) is 0 Å². The van der Waals surface area contributed by atoms with E-state index in [2.05, 4.69) is 32.2 Å². The normalized spacial score (nSPS) is 11.5. The average molecular weight is 254 g/mol. The van der Waals surface area contributed by atoms with Gasteiger partial charge < -0.3 is 0 Å². The van der Waals surface area contributed by atoms with Crippen molar-refractivity contribution >= 4 is 42.4 Å². The van der Waals surface area contributed by atoms with Crippen molar-refractivity contribution in [1.29, 1.82) is 0 Å². The van der Waals surface area contributed by atoms with Crippen molar-refractivity contribution in [1.82, 2.24) is 14.6 Å². The maximum Gasteiger partial charge on any atom is 0.217 e. The van der Waals surface area contributed by atoms with Crippen LogP contribution in [0, 0.1) is 0 Å². The summed E-state index contributed by atoms with van der Waals surface area (Å²) < 4.78 is 4.29.